The second-order valence-corrected chi connectivity index (χ2v) is 5.16. The summed E-state index contributed by atoms with van der Waals surface area (Å²) in [6, 6.07) is 3.22. The summed E-state index contributed by atoms with van der Waals surface area (Å²) in [6.07, 6.45) is 0.0408. The van der Waals surface area contributed by atoms with Crippen LogP contribution in [-0.2, 0) is 9.59 Å². The molecule has 102 valence electrons. The molecule has 1 aliphatic heterocycles. The van der Waals surface area contributed by atoms with E-state index in [1.165, 1.54) is 17.0 Å². The van der Waals surface area contributed by atoms with Gasteiger partial charge in [-0.15, -0.1) is 0 Å². The Balaban J connectivity index is 2.16. The Morgan fingerprint density at radius 2 is 2.11 bits per heavy atom. The Morgan fingerprint density at radius 3 is 2.63 bits per heavy atom. The minimum absolute atomic E-state index is 0.0408. The molecular formula is C13H14ClFN2O2. The van der Waals surface area contributed by atoms with Gasteiger partial charge in [-0.05, 0) is 32.0 Å². The molecule has 19 heavy (non-hydrogen) atoms. The molecule has 0 aromatic heterocycles. The Labute approximate surface area is 115 Å². The fourth-order valence-electron chi connectivity index (χ4n) is 2.10. The lowest BCUT2D eigenvalue weighted by atomic mass is 10.2. The summed E-state index contributed by atoms with van der Waals surface area (Å²) in [7, 11) is 0. The Hall–Kier alpha value is -1.62. The molecule has 0 bridgehead atoms. The Kier molecular flexibility index (Phi) is 3.75. The number of halogens is 2. The summed E-state index contributed by atoms with van der Waals surface area (Å²) in [5.74, 6) is -1.11. The number of carbonyl (C=O) groups is 2. The van der Waals surface area contributed by atoms with Crippen LogP contribution in [0.15, 0.2) is 18.2 Å². The standard InChI is InChI=1S/C13H14ClFN2O2/c1-7(2)17-12(18)6-11(13(17)19)16-10-4-3-8(14)5-9(10)15/h3-5,7,11,16H,6H2,1-2H3. The van der Waals surface area contributed by atoms with E-state index in [1.54, 1.807) is 13.8 Å². The lowest BCUT2D eigenvalue weighted by Crippen LogP contribution is -2.39. The van der Waals surface area contributed by atoms with E-state index in [4.69, 9.17) is 11.6 Å². The first-order valence-corrected chi connectivity index (χ1v) is 6.35. The van der Waals surface area contributed by atoms with Crippen LogP contribution in [0.3, 0.4) is 0 Å². The third kappa shape index (κ3) is 2.71. The predicted octanol–water partition coefficient (Wildman–Crippen LogP) is 2.43. The summed E-state index contributed by atoms with van der Waals surface area (Å²) < 4.78 is 13.6. The molecule has 6 heteroatoms. The first-order valence-electron chi connectivity index (χ1n) is 5.97. The minimum Gasteiger partial charge on any atom is -0.371 e. The second-order valence-electron chi connectivity index (χ2n) is 4.72. The molecule has 1 aromatic carbocycles. The SMILES string of the molecule is CC(C)N1C(=O)CC(Nc2ccc(Cl)cc2F)C1=O. The van der Waals surface area contributed by atoms with Crippen molar-refractivity contribution in [3.8, 4) is 0 Å². The lowest BCUT2D eigenvalue weighted by molar-refractivity contribution is -0.140. The van der Waals surface area contributed by atoms with Crippen molar-refractivity contribution in [3.63, 3.8) is 0 Å². The van der Waals surface area contributed by atoms with Gasteiger partial charge in [-0.2, -0.15) is 0 Å². The molecule has 0 saturated carbocycles. The van der Waals surface area contributed by atoms with Crippen molar-refractivity contribution in [1.82, 2.24) is 4.90 Å². The van der Waals surface area contributed by atoms with E-state index in [0.717, 1.165) is 6.07 Å². The van der Waals surface area contributed by atoms with Gasteiger partial charge in [0.05, 0.1) is 12.1 Å². The highest BCUT2D eigenvalue weighted by Gasteiger charge is 2.40. The molecule has 1 atom stereocenters. The zero-order valence-electron chi connectivity index (χ0n) is 10.6. The summed E-state index contributed by atoms with van der Waals surface area (Å²) in [4.78, 5) is 25.0. The second kappa shape index (κ2) is 5.17. The molecule has 4 nitrogen and oxygen atoms in total. The number of benzene rings is 1. The normalized spacial score (nSPS) is 19.4. The minimum atomic E-state index is -0.717. The van der Waals surface area contributed by atoms with Crippen molar-refractivity contribution in [2.45, 2.75) is 32.4 Å². The van der Waals surface area contributed by atoms with Crippen LogP contribution in [-0.4, -0.2) is 28.8 Å². The molecule has 0 spiro atoms. The number of hydrogen-bond donors (Lipinski definition) is 1. The molecule has 1 heterocycles. The molecule has 1 unspecified atom stereocenters. The van der Waals surface area contributed by atoms with Crippen LogP contribution in [0, 0.1) is 5.82 Å². The van der Waals surface area contributed by atoms with E-state index in [2.05, 4.69) is 5.32 Å². The zero-order valence-corrected chi connectivity index (χ0v) is 11.4. The van der Waals surface area contributed by atoms with Crippen LogP contribution < -0.4 is 5.32 Å². The van der Waals surface area contributed by atoms with Gasteiger partial charge in [-0.3, -0.25) is 14.5 Å². The fourth-order valence-corrected chi connectivity index (χ4v) is 2.26. The van der Waals surface area contributed by atoms with E-state index in [0.29, 0.717) is 0 Å². The number of likely N-dealkylation sites (tertiary alicyclic amines) is 1. The van der Waals surface area contributed by atoms with Gasteiger partial charge in [0.25, 0.3) is 5.91 Å². The summed E-state index contributed by atoms with van der Waals surface area (Å²) in [5.41, 5.74) is 0.168. The molecule has 2 rings (SSSR count). The molecule has 1 aromatic rings. The number of carbonyl (C=O) groups excluding carboxylic acids is 2. The molecular weight excluding hydrogens is 271 g/mol. The molecule has 0 radical (unpaired) electrons. The van der Waals surface area contributed by atoms with Gasteiger partial charge in [0, 0.05) is 11.1 Å². The van der Waals surface area contributed by atoms with Gasteiger partial charge in [0.15, 0.2) is 0 Å². The predicted molar refractivity (Wildman–Crippen MR) is 70.4 cm³/mol. The number of rotatable bonds is 3. The smallest absolute Gasteiger partial charge is 0.252 e. The van der Waals surface area contributed by atoms with E-state index in [1.807, 2.05) is 0 Å². The van der Waals surface area contributed by atoms with E-state index in [9.17, 15) is 14.0 Å². The largest absolute Gasteiger partial charge is 0.371 e. The highest BCUT2D eigenvalue weighted by molar-refractivity contribution is 6.30. The van der Waals surface area contributed by atoms with E-state index in [-0.39, 0.29) is 35.0 Å². The highest BCUT2D eigenvalue weighted by Crippen LogP contribution is 2.24. The van der Waals surface area contributed by atoms with Gasteiger partial charge in [-0.1, -0.05) is 11.6 Å². The lowest BCUT2D eigenvalue weighted by Gasteiger charge is -2.19. The summed E-state index contributed by atoms with van der Waals surface area (Å²) >= 11 is 5.65. The highest BCUT2D eigenvalue weighted by atomic mass is 35.5. The number of nitrogens with one attached hydrogen (secondary N) is 1. The third-order valence-corrected chi connectivity index (χ3v) is 3.20. The first-order chi connectivity index (χ1) is 8.90. The van der Waals surface area contributed by atoms with Crippen LogP contribution in [0.5, 0.6) is 0 Å². The topological polar surface area (TPSA) is 49.4 Å². The van der Waals surface area contributed by atoms with Crippen molar-refractivity contribution in [2.24, 2.45) is 0 Å². The summed E-state index contributed by atoms with van der Waals surface area (Å²) in [5, 5.41) is 3.03. The van der Waals surface area contributed by atoms with Crippen molar-refractivity contribution in [3.05, 3.63) is 29.0 Å². The van der Waals surface area contributed by atoms with E-state index < -0.39 is 11.9 Å². The Bertz CT molecular complexity index is 533. The first kappa shape index (κ1) is 13.8. The molecule has 2 amide bonds. The van der Waals surface area contributed by atoms with Crippen LogP contribution in [0.25, 0.3) is 0 Å². The maximum atomic E-state index is 13.6. The summed E-state index contributed by atoms with van der Waals surface area (Å²) in [6.45, 7) is 3.53. The third-order valence-electron chi connectivity index (χ3n) is 2.96. The number of nitrogens with zero attached hydrogens (tertiary/aromatic N) is 1. The average Bonchev–Trinajstić information content (AvgIpc) is 2.58. The number of imide groups is 1. The average molecular weight is 285 g/mol. The van der Waals surface area contributed by atoms with Gasteiger partial charge in [0.1, 0.15) is 11.9 Å². The molecule has 1 aliphatic rings. The monoisotopic (exact) mass is 284 g/mol. The molecule has 1 fully saturated rings. The maximum absolute atomic E-state index is 13.6. The van der Waals surface area contributed by atoms with Crippen molar-refractivity contribution in [2.75, 3.05) is 5.32 Å². The van der Waals surface area contributed by atoms with Crippen LogP contribution in [0.2, 0.25) is 5.02 Å². The van der Waals surface area contributed by atoms with Crippen molar-refractivity contribution >= 4 is 29.1 Å². The van der Waals surface area contributed by atoms with Gasteiger partial charge in [0.2, 0.25) is 5.91 Å². The fraction of sp³-hybridized carbons (Fsp3) is 0.385. The van der Waals surface area contributed by atoms with Crippen molar-refractivity contribution in [1.29, 1.82) is 0 Å². The molecule has 1 N–H and O–H groups in total. The number of hydrogen-bond acceptors (Lipinski definition) is 3. The van der Waals surface area contributed by atoms with Crippen LogP contribution in [0.4, 0.5) is 10.1 Å². The molecule has 1 saturated heterocycles. The van der Waals surface area contributed by atoms with Gasteiger partial charge >= 0.3 is 0 Å². The van der Waals surface area contributed by atoms with E-state index >= 15 is 0 Å². The van der Waals surface area contributed by atoms with Crippen LogP contribution >= 0.6 is 11.6 Å². The van der Waals surface area contributed by atoms with Crippen molar-refractivity contribution < 1.29 is 14.0 Å². The maximum Gasteiger partial charge on any atom is 0.252 e. The Morgan fingerprint density at radius 1 is 1.42 bits per heavy atom. The van der Waals surface area contributed by atoms with Gasteiger partial charge in [-0.25, -0.2) is 4.39 Å². The molecule has 0 aliphatic carbocycles. The number of amides is 2. The number of anilines is 1. The quantitative estimate of drug-likeness (QED) is 0.867. The van der Waals surface area contributed by atoms with Gasteiger partial charge < -0.3 is 5.32 Å². The zero-order chi connectivity index (χ0) is 14.2. The van der Waals surface area contributed by atoms with Crippen LogP contribution in [0.1, 0.15) is 20.3 Å².